The van der Waals surface area contributed by atoms with Crippen molar-refractivity contribution in [2.75, 3.05) is 7.11 Å². The predicted octanol–water partition coefficient (Wildman–Crippen LogP) is 0.384. The number of amides is 1. The second kappa shape index (κ2) is 3.60. The number of carbonyl (C=O) groups is 2. The number of methoxy groups -OCH3 is 1. The van der Waals surface area contributed by atoms with Crippen LogP contribution in [0.5, 0.6) is 0 Å². The molecule has 0 aliphatic heterocycles. The Morgan fingerprint density at radius 2 is 1.92 bits per heavy atom. The van der Waals surface area contributed by atoms with Gasteiger partial charge in [-0.2, -0.15) is 0 Å². The summed E-state index contributed by atoms with van der Waals surface area (Å²) in [7, 11) is 1.32. The molecule has 0 atom stereocenters. The number of hydrogen-bond acceptors (Lipinski definition) is 3. The van der Waals surface area contributed by atoms with Gasteiger partial charge in [-0.3, -0.25) is 4.79 Å². The summed E-state index contributed by atoms with van der Waals surface area (Å²) in [5.41, 5.74) is -0.847. The maximum atomic E-state index is 11.4. The molecule has 0 heterocycles. The van der Waals surface area contributed by atoms with E-state index in [9.17, 15) is 9.59 Å². The molecule has 13 heavy (non-hydrogen) atoms. The lowest BCUT2D eigenvalue weighted by Crippen LogP contribution is -2.52. The normalized spacial score (nSPS) is 18.3. The number of nitrogens with one attached hydrogen (secondary N) is 1. The molecule has 0 unspecified atom stereocenters. The van der Waals surface area contributed by atoms with E-state index in [-0.39, 0.29) is 11.9 Å². The van der Waals surface area contributed by atoms with Gasteiger partial charge in [-0.25, -0.2) is 4.79 Å². The van der Waals surface area contributed by atoms with Crippen molar-refractivity contribution in [1.29, 1.82) is 0 Å². The van der Waals surface area contributed by atoms with Crippen LogP contribution in [0, 0.1) is 0 Å². The Kier molecular flexibility index (Phi) is 2.70. The van der Waals surface area contributed by atoms with Gasteiger partial charge in [-0.1, -0.05) is 12.2 Å². The second-order valence-electron chi connectivity index (χ2n) is 3.13. The van der Waals surface area contributed by atoms with Crippen LogP contribution in [0.25, 0.3) is 0 Å². The van der Waals surface area contributed by atoms with Crippen molar-refractivity contribution >= 4 is 11.9 Å². The van der Waals surface area contributed by atoms with E-state index in [2.05, 4.69) is 10.1 Å². The van der Waals surface area contributed by atoms with Gasteiger partial charge in [0.15, 0.2) is 0 Å². The second-order valence-corrected chi connectivity index (χ2v) is 3.13. The van der Waals surface area contributed by atoms with Gasteiger partial charge in [0.25, 0.3) is 0 Å². The number of rotatable bonds is 2. The maximum absolute atomic E-state index is 11.4. The molecule has 0 saturated carbocycles. The Balaban J connectivity index is 2.76. The Hall–Kier alpha value is -1.32. The summed E-state index contributed by atoms with van der Waals surface area (Å²) in [4.78, 5) is 22.3. The molecule has 1 aliphatic rings. The minimum atomic E-state index is -0.847. The first-order chi connectivity index (χ1) is 6.10. The van der Waals surface area contributed by atoms with Crippen LogP contribution in [0.3, 0.4) is 0 Å². The first-order valence-corrected chi connectivity index (χ1v) is 4.13. The summed E-state index contributed by atoms with van der Waals surface area (Å²) in [6.45, 7) is 1.39. The van der Waals surface area contributed by atoms with Crippen LogP contribution < -0.4 is 5.32 Å². The van der Waals surface area contributed by atoms with Gasteiger partial charge in [0.2, 0.25) is 5.91 Å². The molecule has 0 aromatic heterocycles. The molecule has 0 saturated heterocycles. The molecule has 0 spiro atoms. The van der Waals surface area contributed by atoms with E-state index >= 15 is 0 Å². The summed E-state index contributed by atoms with van der Waals surface area (Å²) >= 11 is 0. The van der Waals surface area contributed by atoms with Gasteiger partial charge in [0.1, 0.15) is 5.54 Å². The average Bonchev–Trinajstić information content (AvgIpc) is 2.51. The van der Waals surface area contributed by atoms with Crippen LogP contribution in [0.4, 0.5) is 0 Å². The fraction of sp³-hybridized carbons (Fsp3) is 0.556. The molecule has 0 fully saturated rings. The number of carbonyl (C=O) groups excluding carboxylic acids is 2. The first kappa shape index (κ1) is 9.77. The first-order valence-electron chi connectivity index (χ1n) is 4.13. The van der Waals surface area contributed by atoms with Crippen molar-refractivity contribution in [3.8, 4) is 0 Å². The molecule has 72 valence electrons. The van der Waals surface area contributed by atoms with Crippen molar-refractivity contribution in [3.05, 3.63) is 12.2 Å². The molecule has 1 amide bonds. The zero-order valence-corrected chi connectivity index (χ0v) is 7.79. The molecular weight excluding hydrogens is 170 g/mol. The summed E-state index contributed by atoms with van der Waals surface area (Å²) in [6, 6.07) is 0. The highest BCUT2D eigenvalue weighted by atomic mass is 16.5. The lowest BCUT2D eigenvalue weighted by atomic mass is 9.97. The Morgan fingerprint density at radius 1 is 1.38 bits per heavy atom. The van der Waals surface area contributed by atoms with Gasteiger partial charge < -0.3 is 10.1 Å². The fourth-order valence-electron chi connectivity index (χ4n) is 1.50. The van der Waals surface area contributed by atoms with E-state index in [0.717, 1.165) is 0 Å². The van der Waals surface area contributed by atoms with E-state index < -0.39 is 5.54 Å². The smallest absolute Gasteiger partial charge is 0.332 e. The van der Waals surface area contributed by atoms with Gasteiger partial charge in [0, 0.05) is 6.92 Å². The quantitative estimate of drug-likeness (QED) is 0.497. The standard InChI is InChI=1S/C9H13NO3/c1-7(11)10-9(8(12)13-2)5-3-4-6-9/h3-4H,5-6H2,1-2H3,(H,10,11). The Labute approximate surface area is 76.9 Å². The molecule has 1 rings (SSSR count). The third kappa shape index (κ3) is 1.88. The zero-order chi connectivity index (χ0) is 9.90. The van der Waals surface area contributed by atoms with Crippen molar-refractivity contribution in [2.24, 2.45) is 0 Å². The van der Waals surface area contributed by atoms with Crippen molar-refractivity contribution in [2.45, 2.75) is 25.3 Å². The lowest BCUT2D eigenvalue weighted by Gasteiger charge is -2.26. The molecule has 0 aromatic carbocycles. The molecule has 4 heteroatoms. The third-order valence-electron chi connectivity index (χ3n) is 2.09. The summed E-state index contributed by atoms with van der Waals surface area (Å²) in [6.07, 6.45) is 4.76. The van der Waals surface area contributed by atoms with Crippen LogP contribution in [0.15, 0.2) is 12.2 Å². The van der Waals surface area contributed by atoms with Crippen LogP contribution in [0.2, 0.25) is 0 Å². The molecule has 0 radical (unpaired) electrons. The third-order valence-corrected chi connectivity index (χ3v) is 2.09. The number of esters is 1. The van der Waals surface area contributed by atoms with E-state index in [1.165, 1.54) is 14.0 Å². The SMILES string of the molecule is COC(=O)C1(NC(C)=O)CC=CC1. The number of ether oxygens (including phenoxy) is 1. The molecule has 1 N–H and O–H groups in total. The summed E-state index contributed by atoms with van der Waals surface area (Å²) in [5, 5.41) is 2.63. The van der Waals surface area contributed by atoms with Crippen molar-refractivity contribution in [1.82, 2.24) is 5.32 Å². The molecule has 4 nitrogen and oxygen atoms in total. The van der Waals surface area contributed by atoms with E-state index in [1.54, 1.807) is 0 Å². The average molecular weight is 183 g/mol. The highest BCUT2D eigenvalue weighted by Crippen LogP contribution is 2.24. The zero-order valence-electron chi connectivity index (χ0n) is 7.79. The summed E-state index contributed by atoms with van der Waals surface area (Å²) < 4.78 is 4.64. The van der Waals surface area contributed by atoms with Gasteiger partial charge in [-0.05, 0) is 12.8 Å². The van der Waals surface area contributed by atoms with Gasteiger partial charge in [0.05, 0.1) is 7.11 Å². The molecular formula is C9H13NO3. The Bertz CT molecular complexity index is 250. The summed E-state index contributed by atoms with van der Waals surface area (Å²) in [5.74, 6) is -0.596. The fourth-order valence-corrected chi connectivity index (χ4v) is 1.50. The topological polar surface area (TPSA) is 55.4 Å². The highest BCUT2D eigenvalue weighted by Gasteiger charge is 2.40. The van der Waals surface area contributed by atoms with E-state index in [1.807, 2.05) is 12.2 Å². The van der Waals surface area contributed by atoms with E-state index in [4.69, 9.17) is 0 Å². The van der Waals surface area contributed by atoms with Crippen molar-refractivity contribution < 1.29 is 14.3 Å². The van der Waals surface area contributed by atoms with E-state index in [0.29, 0.717) is 12.8 Å². The van der Waals surface area contributed by atoms with Crippen LogP contribution in [-0.4, -0.2) is 24.5 Å². The van der Waals surface area contributed by atoms with Crippen LogP contribution in [-0.2, 0) is 14.3 Å². The lowest BCUT2D eigenvalue weighted by molar-refractivity contribution is -0.150. The maximum Gasteiger partial charge on any atom is 0.332 e. The Morgan fingerprint density at radius 3 is 2.31 bits per heavy atom. The molecule has 0 bridgehead atoms. The van der Waals surface area contributed by atoms with Crippen molar-refractivity contribution in [3.63, 3.8) is 0 Å². The van der Waals surface area contributed by atoms with Crippen LogP contribution in [0.1, 0.15) is 19.8 Å². The van der Waals surface area contributed by atoms with Crippen LogP contribution >= 0.6 is 0 Å². The van der Waals surface area contributed by atoms with Gasteiger partial charge in [-0.15, -0.1) is 0 Å². The largest absolute Gasteiger partial charge is 0.467 e. The molecule has 0 aromatic rings. The molecule has 1 aliphatic carbocycles. The minimum absolute atomic E-state index is 0.214. The monoisotopic (exact) mass is 183 g/mol. The highest BCUT2D eigenvalue weighted by molar-refractivity contribution is 5.88. The minimum Gasteiger partial charge on any atom is -0.467 e. The predicted molar refractivity (Wildman–Crippen MR) is 46.9 cm³/mol. The van der Waals surface area contributed by atoms with Gasteiger partial charge >= 0.3 is 5.97 Å². The number of hydrogen-bond donors (Lipinski definition) is 1.